The largest absolute Gasteiger partial charge is 0.312 e. The molecule has 0 radical (unpaired) electrons. The van der Waals surface area contributed by atoms with Crippen LogP contribution < -0.4 is 5.32 Å². The number of hydrogen-bond acceptors (Lipinski definition) is 1. The second-order valence-electron chi connectivity index (χ2n) is 2.01. The lowest BCUT2D eigenvalue weighted by atomic mass is 10.3. The van der Waals surface area contributed by atoms with E-state index >= 15 is 0 Å². The number of hydrogen-bond donors (Lipinski definition) is 1. The van der Waals surface area contributed by atoms with Crippen molar-refractivity contribution in [1.82, 2.24) is 5.32 Å². The molecule has 0 rings (SSSR count). The van der Waals surface area contributed by atoms with Gasteiger partial charge in [-0.1, -0.05) is 6.92 Å². The first kappa shape index (κ1) is 7.89. The van der Waals surface area contributed by atoms with E-state index < -0.39 is 0 Å². The molecule has 1 atom stereocenters. The summed E-state index contributed by atoms with van der Waals surface area (Å²) in [5.74, 6) is 0. The minimum atomic E-state index is -0.264. The van der Waals surface area contributed by atoms with Crippen molar-refractivity contribution in [2.75, 3.05) is 13.2 Å². The van der Waals surface area contributed by atoms with Crippen LogP contribution in [0.5, 0.6) is 0 Å². The molecule has 0 aromatic carbocycles. The van der Waals surface area contributed by atoms with Gasteiger partial charge in [-0.25, -0.2) is 4.39 Å². The predicted molar refractivity (Wildman–Crippen MR) is 33.7 cm³/mol. The predicted octanol–water partition coefficient (Wildman–Crippen LogP) is 1.34. The van der Waals surface area contributed by atoms with Gasteiger partial charge < -0.3 is 5.32 Å². The van der Waals surface area contributed by atoms with Crippen molar-refractivity contribution < 1.29 is 4.39 Å². The van der Waals surface area contributed by atoms with E-state index in [1.54, 1.807) is 0 Å². The van der Waals surface area contributed by atoms with E-state index in [0.29, 0.717) is 0 Å². The zero-order chi connectivity index (χ0) is 6.41. The Balaban J connectivity index is 2.86. The summed E-state index contributed by atoms with van der Waals surface area (Å²) < 4.78 is 11.6. The summed E-state index contributed by atoms with van der Waals surface area (Å²) in [7, 11) is 0. The van der Waals surface area contributed by atoms with Gasteiger partial charge in [0.2, 0.25) is 0 Å². The Kier molecular flexibility index (Phi) is 4.97. The maximum atomic E-state index is 11.6. The average Bonchev–Trinajstić information content (AvgIpc) is 1.83. The van der Waals surface area contributed by atoms with Crippen molar-refractivity contribution in [3.63, 3.8) is 0 Å². The van der Waals surface area contributed by atoms with E-state index in [1.807, 2.05) is 6.92 Å². The number of halogens is 1. The van der Waals surface area contributed by atoms with Gasteiger partial charge in [0.1, 0.15) is 6.67 Å². The molecule has 0 spiro atoms. The summed E-state index contributed by atoms with van der Waals surface area (Å²) in [6, 6.07) is 0.0370. The fraction of sp³-hybridized carbons (Fsp3) is 1.00. The Bertz CT molecular complexity index is 47.8. The van der Waals surface area contributed by atoms with Gasteiger partial charge in [-0.2, -0.15) is 0 Å². The normalized spacial score (nSPS) is 13.9. The fourth-order valence-electron chi connectivity index (χ4n) is 0.445. The highest BCUT2D eigenvalue weighted by atomic mass is 19.1. The van der Waals surface area contributed by atoms with E-state index in [0.717, 1.165) is 13.0 Å². The molecule has 0 saturated carbocycles. The molecule has 0 saturated heterocycles. The van der Waals surface area contributed by atoms with Crippen LogP contribution in [-0.4, -0.2) is 19.3 Å². The van der Waals surface area contributed by atoms with Gasteiger partial charge in [0.25, 0.3) is 0 Å². The Morgan fingerprint density at radius 1 is 1.62 bits per heavy atom. The lowest BCUT2D eigenvalue weighted by Crippen LogP contribution is -2.28. The maximum absolute atomic E-state index is 11.6. The van der Waals surface area contributed by atoms with Crippen LogP contribution in [0.1, 0.15) is 20.3 Å². The third-order valence-electron chi connectivity index (χ3n) is 0.974. The first-order valence-corrected chi connectivity index (χ1v) is 3.10. The van der Waals surface area contributed by atoms with Crippen molar-refractivity contribution in [3.05, 3.63) is 0 Å². The molecular weight excluding hydrogens is 105 g/mol. The SMILES string of the molecule is CCCNC(C)CF. The smallest absolute Gasteiger partial charge is 0.104 e. The van der Waals surface area contributed by atoms with Crippen LogP contribution in [-0.2, 0) is 0 Å². The van der Waals surface area contributed by atoms with Gasteiger partial charge in [0, 0.05) is 6.04 Å². The molecule has 0 fully saturated rings. The Hall–Kier alpha value is -0.110. The van der Waals surface area contributed by atoms with Crippen LogP contribution in [0.4, 0.5) is 4.39 Å². The first-order chi connectivity index (χ1) is 3.81. The summed E-state index contributed by atoms with van der Waals surface area (Å²) in [6.45, 7) is 4.57. The minimum Gasteiger partial charge on any atom is -0.312 e. The van der Waals surface area contributed by atoms with Crippen molar-refractivity contribution in [2.24, 2.45) is 0 Å². The zero-order valence-electron chi connectivity index (χ0n) is 5.58. The molecule has 50 valence electrons. The monoisotopic (exact) mass is 119 g/mol. The average molecular weight is 119 g/mol. The highest BCUT2D eigenvalue weighted by molar-refractivity contribution is 4.55. The molecule has 0 aliphatic carbocycles. The highest BCUT2D eigenvalue weighted by Gasteiger charge is 1.94. The molecule has 0 aliphatic heterocycles. The third kappa shape index (κ3) is 4.06. The molecule has 0 aromatic rings. The molecule has 1 N–H and O–H groups in total. The summed E-state index contributed by atoms with van der Waals surface area (Å²) in [5, 5.41) is 3.01. The van der Waals surface area contributed by atoms with Crippen LogP contribution in [0.15, 0.2) is 0 Å². The zero-order valence-corrected chi connectivity index (χ0v) is 5.58. The van der Waals surface area contributed by atoms with E-state index in [9.17, 15) is 4.39 Å². The summed E-state index contributed by atoms with van der Waals surface area (Å²) >= 11 is 0. The minimum absolute atomic E-state index is 0.0370. The van der Waals surface area contributed by atoms with Crippen LogP contribution in [0.25, 0.3) is 0 Å². The lowest BCUT2D eigenvalue weighted by molar-refractivity contribution is 0.393. The molecule has 0 heterocycles. The van der Waals surface area contributed by atoms with Crippen molar-refractivity contribution in [2.45, 2.75) is 26.3 Å². The first-order valence-electron chi connectivity index (χ1n) is 3.10. The van der Waals surface area contributed by atoms with Crippen LogP contribution in [0.3, 0.4) is 0 Å². The number of rotatable bonds is 4. The van der Waals surface area contributed by atoms with Gasteiger partial charge >= 0.3 is 0 Å². The Labute approximate surface area is 50.3 Å². The van der Waals surface area contributed by atoms with E-state index in [1.165, 1.54) is 0 Å². The molecule has 0 aromatic heterocycles. The molecule has 2 heteroatoms. The molecule has 1 nitrogen and oxygen atoms in total. The summed E-state index contributed by atoms with van der Waals surface area (Å²) in [6.07, 6.45) is 1.07. The molecule has 8 heavy (non-hydrogen) atoms. The third-order valence-corrected chi connectivity index (χ3v) is 0.974. The van der Waals surface area contributed by atoms with E-state index in [2.05, 4.69) is 12.2 Å². The van der Waals surface area contributed by atoms with E-state index in [4.69, 9.17) is 0 Å². The molecule has 1 unspecified atom stereocenters. The van der Waals surface area contributed by atoms with Gasteiger partial charge in [0.05, 0.1) is 0 Å². The molecule has 0 amide bonds. The fourth-order valence-corrected chi connectivity index (χ4v) is 0.445. The van der Waals surface area contributed by atoms with Gasteiger partial charge in [-0.15, -0.1) is 0 Å². The van der Waals surface area contributed by atoms with Crippen molar-refractivity contribution >= 4 is 0 Å². The highest BCUT2D eigenvalue weighted by Crippen LogP contribution is 1.81. The Morgan fingerprint density at radius 2 is 2.25 bits per heavy atom. The van der Waals surface area contributed by atoms with Gasteiger partial charge in [-0.05, 0) is 19.9 Å². The van der Waals surface area contributed by atoms with Crippen molar-refractivity contribution in [1.29, 1.82) is 0 Å². The van der Waals surface area contributed by atoms with Crippen LogP contribution >= 0.6 is 0 Å². The van der Waals surface area contributed by atoms with Gasteiger partial charge in [-0.3, -0.25) is 0 Å². The second-order valence-corrected chi connectivity index (χ2v) is 2.01. The molecule has 0 bridgehead atoms. The standard InChI is InChI=1S/C6H14FN/c1-3-4-8-6(2)5-7/h6,8H,3-5H2,1-2H3. The lowest BCUT2D eigenvalue weighted by Gasteiger charge is -2.06. The van der Waals surface area contributed by atoms with Gasteiger partial charge in [0.15, 0.2) is 0 Å². The second kappa shape index (κ2) is 5.04. The summed E-state index contributed by atoms with van der Waals surface area (Å²) in [5.41, 5.74) is 0. The quantitative estimate of drug-likeness (QED) is 0.589. The van der Waals surface area contributed by atoms with Crippen LogP contribution in [0, 0.1) is 0 Å². The van der Waals surface area contributed by atoms with E-state index in [-0.39, 0.29) is 12.7 Å². The number of nitrogens with one attached hydrogen (secondary N) is 1. The van der Waals surface area contributed by atoms with Crippen molar-refractivity contribution in [3.8, 4) is 0 Å². The molecular formula is C6H14FN. The molecule has 0 aliphatic rings. The summed E-state index contributed by atoms with van der Waals surface area (Å²) in [4.78, 5) is 0. The number of alkyl halides is 1. The Morgan fingerprint density at radius 3 is 2.62 bits per heavy atom. The maximum Gasteiger partial charge on any atom is 0.104 e. The van der Waals surface area contributed by atoms with Crippen LogP contribution in [0.2, 0.25) is 0 Å². The topological polar surface area (TPSA) is 12.0 Å².